The van der Waals surface area contributed by atoms with Crippen LogP contribution >= 0.6 is 11.3 Å². The molecule has 0 radical (unpaired) electrons. The summed E-state index contributed by atoms with van der Waals surface area (Å²) in [7, 11) is 0. The molecular formula is C20H19NO2S. The Labute approximate surface area is 145 Å². The van der Waals surface area contributed by atoms with E-state index in [4.69, 9.17) is 4.74 Å². The van der Waals surface area contributed by atoms with Crippen LogP contribution in [0.5, 0.6) is 5.75 Å². The van der Waals surface area contributed by atoms with Gasteiger partial charge in [0.2, 0.25) is 0 Å². The number of aryl methyl sites for hydroxylation is 1. The fourth-order valence-corrected chi connectivity index (χ4v) is 3.06. The van der Waals surface area contributed by atoms with Gasteiger partial charge < -0.3 is 10.1 Å². The van der Waals surface area contributed by atoms with Gasteiger partial charge in [-0.3, -0.25) is 4.79 Å². The Kier molecular flexibility index (Phi) is 5.29. The summed E-state index contributed by atoms with van der Waals surface area (Å²) in [5, 5.41) is 4.94. The summed E-state index contributed by atoms with van der Waals surface area (Å²) in [5.74, 6) is 0.478. The number of amides is 1. The normalized spacial score (nSPS) is 10.4. The molecule has 0 saturated carbocycles. The minimum atomic E-state index is -0.122. The van der Waals surface area contributed by atoms with Crippen molar-refractivity contribution in [1.82, 2.24) is 5.32 Å². The third-order valence-corrected chi connectivity index (χ3v) is 4.49. The van der Waals surface area contributed by atoms with Gasteiger partial charge in [-0.1, -0.05) is 48.0 Å². The Morgan fingerprint density at radius 3 is 2.75 bits per heavy atom. The standard InChI is InChI=1S/C20H19NO2S/c1-15-6-4-7-16(12-15)14-23-19-10-3-2-9-18(19)20(22)21-13-17-8-5-11-24-17/h2-12H,13-14H2,1H3,(H,21,22). The Hall–Kier alpha value is -2.59. The average molecular weight is 337 g/mol. The van der Waals surface area contributed by atoms with Gasteiger partial charge in [0.05, 0.1) is 12.1 Å². The zero-order chi connectivity index (χ0) is 16.8. The van der Waals surface area contributed by atoms with Gasteiger partial charge in [0, 0.05) is 4.88 Å². The van der Waals surface area contributed by atoms with Gasteiger partial charge in [0.1, 0.15) is 12.4 Å². The zero-order valence-electron chi connectivity index (χ0n) is 13.5. The van der Waals surface area contributed by atoms with Crippen molar-refractivity contribution in [3.63, 3.8) is 0 Å². The monoisotopic (exact) mass is 337 g/mol. The van der Waals surface area contributed by atoms with Gasteiger partial charge in [0.25, 0.3) is 5.91 Å². The summed E-state index contributed by atoms with van der Waals surface area (Å²) in [6, 6.07) is 19.5. The first-order chi connectivity index (χ1) is 11.7. The van der Waals surface area contributed by atoms with Crippen LogP contribution in [-0.4, -0.2) is 5.91 Å². The summed E-state index contributed by atoms with van der Waals surface area (Å²) < 4.78 is 5.88. The first-order valence-electron chi connectivity index (χ1n) is 7.80. The molecule has 3 nitrogen and oxygen atoms in total. The maximum atomic E-state index is 12.4. The number of thiophene rings is 1. The number of benzene rings is 2. The van der Waals surface area contributed by atoms with Gasteiger partial charge in [-0.2, -0.15) is 0 Å². The van der Waals surface area contributed by atoms with Crippen LogP contribution in [-0.2, 0) is 13.2 Å². The van der Waals surface area contributed by atoms with Crippen LogP contribution in [0.3, 0.4) is 0 Å². The molecular weight excluding hydrogens is 318 g/mol. The summed E-state index contributed by atoms with van der Waals surface area (Å²) in [6.45, 7) is 3.02. The van der Waals surface area contributed by atoms with Crippen molar-refractivity contribution in [1.29, 1.82) is 0 Å². The van der Waals surface area contributed by atoms with Crippen LogP contribution in [0.4, 0.5) is 0 Å². The lowest BCUT2D eigenvalue weighted by atomic mass is 10.1. The second kappa shape index (κ2) is 7.79. The molecule has 3 aromatic rings. The Balaban J connectivity index is 1.67. The van der Waals surface area contributed by atoms with Crippen molar-refractivity contribution >= 4 is 17.2 Å². The summed E-state index contributed by atoms with van der Waals surface area (Å²) in [5.41, 5.74) is 2.84. The first kappa shape index (κ1) is 16.3. The SMILES string of the molecule is Cc1cccc(COc2ccccc2C(=O)NCc2cccs2)c1. The molecule has 0 fully saturated rings. The van der Waals surface area contributed by atoms with Crippen LogP contribution in [0, 0.1) is 6.92 Å². The first-order valence-corrected chi connectivity index (χ1v) is 8.68. The lowest BCUT2D eigenvalue weighted by Gasteiger charge is -2.12. The molecule has 0 bridgehead atoms. The van der Waals surface area contributed by atoms with Crippen molar-refractivity contribution in [2.45, 2.75) is 20.1 Å². The Morgan fingerprint density at radius 2 is 1.96 bits per heavy atom. The highest BCUT2D eigenvalue weighted by Gasteiger charge is 2.12. The lowest BCUT2D eigenvalue weighted by molar-refractivity contribution is 0.0946. The molecule has 0 unspecified atom stereocenters. The molecule has 0 aliphatic carbocycles. The fourth-order valence-electron chi connectivity index (χ4n) is 2.42. The lowest BCUT2D eigenvalue weighted by Crippen LogP contribution is -2.23. The average Bonchev–Trinajstić information content (AvgIpc) is 3.12. The largest absolute Gasteiger partial charge is 0.488 e. The van der Waals surface area contributed by atoms with Gasteiger partial charge in [0.15, 0.2) is 0 Å². The number of rotatable bonds is 6. The Morgan fingerprint density at radius 1 is 1.08 bits per heavy atom. The minimum absolute atomic E-state index is 0.122. The summed E-state index contributed by atoms with van der Waals surface area (Å²) >= 11 is 1.63. The topological polar surface area (TPSA) is 38.3 Å². The molecule has 0 saturated heterocycles. The molecule has 1 aromatic heterocycles. The van der Waals surface area contributed by atoms with Crippen LogP contribution in [0.1, 0.15) is 26.4 Å². The molecule has 1 heterocycles. The predicted octanol–water partition coefficient (Wildman–Crippen LogP) is 4.57. The van der Waals surface area contributed by atoms with Crippen molar-refractivity contribution in [3.05, 3.63) is 87.6 Å². The highest BCUT2D eigenvalue weighted by molar-refractivity contribution is 7.09. The molecule has 1 amide bonds. The zero-order valence-corrected chi connectivity index (χ0v) is 14.3. The van der Waals surface area contributed by atoms with E-state index in [1.54, 1.807) is 17.4 Å². The molecule has 2 aromatic carbocycles. The quantitative estimate of drug-likeness (QED) is 0.716. The van der Waals surface area contributed by atoms with E-state index in [0.717, 1.165) is 10.4 Å². The van der Waals surface area contributed by atoms with Crippen molar-refractivity contribution < 1.29 is 9.53 Å². The number of carbonyl (C=O) groups is 1. The van der Waals surface area contributed by atoms with Gasteiger partial charge in [-0.05, 0) is 36.1 Å². The summed E-state index contributed by atoms with van der Waals surface area (Å²) in [6.07, 6.45) is 0. The second-order valence-corrected chi connectivity index (χ2v) is 6.57. The van der Waals surface area contributed by atoms with E-state index >= 15 is 0 Å². The number of hydrogen-bond acceptors (Lipinski definition) is 3. The molecule has 0 atom stereocenters. The van der Waals surface area contributed by atoms with E-state index in [1.165, 1.54) is 5.56 Å². The van der Waals surface area contributed by atoms with Crippen molar-refractivity contribution in [3.8, 4) is 5.75 Å². The highest BCUT2D eigenvalue weighted by atomic mass is 32.1. The van der Waals surface area contributed by atoms with Gasteiger partial charge >= 0.3 is 0 Å². The van der Waals surface area contributed by atoms with E-state index in [1.807, 2.05) is 47.8 Å². The van der Waals surface area contributed by atoms with E-state index in [-0.39, 0.29) is 5.91 Å². The molecule has 24 heavy (non-hydrogen) atoms. The van der Waals surface area contributed by atoms with Gasteiger partial charge in [-0.25, -0.2) is 0 Å². The molecule has 0 spiro atoms. The smallest absolute Gasteiger partial charge is 0.255 e. The van der Waals surface area contributed by atoms with E-state index in [2.05, 4.69) is 24.4 Å². The predicted molar refractivity (Wildman–Crippen MR) is 97.4 cm³/mol. The number of para-hydroxylation sites is 1. The van der Waals surface area contributed by atoms with Gasteiger partial charge in [-0.15, -0.1) is 11.3 Å². The molecule has 3 rings (SSSR count). The molecule has 122 valence electrons. The van der Waals surface area contributed by atoms with Crippen LogP contribution in [0.15, 0.2) is 66.0 Å². The van der Waals surface area contributed by atoms with Crippen molar-refractivity contribution in [2.75, 3.05) is 0 Å². The Bertz CT molecular complexity index is 812. The minimum Gasteiger partial charge on any atom is -0.488 e. The fraction of sp³-hybridized carbons (Fsp3) is 0.150. The maximum absolute atomic E-state index is 12.4. The number of hydrogen-bond donors (Lipinski definition) is 1. The molecule has 0 aliphatic heterocycles. The molecule has 0 aliphatic rings. The number of nitrogens with one attached hydrogen (secondary N) is 1. The third kappa shape index (κ3) is 4.24. The number of ether oxygens (including phenoxy) is 1. The second-order valence-electron chi connectivity index (χ2n) is 5.54. The van der Waals surface area contributed by atoms with Crippen LogP contribution in [0.2, 0.25) is 0 Å². The highest BCUT2D eigenvalue weighted by Crippen LogP contribution is 2.20. The third-order valence-electron chi connectivity index (χ3n) is 3.61. The molecule has 1 N–H and O–H groups in total. The van der Waals surface area contributed by atoms with E-state index < -0.39 is 0 Å². The van der Waals surface area contributed by atoms with Crippen molar-refractivity contribution in [2.24, 2.45) is 0 Å². The molecule has 4 heteroatoms. The van der Waals surface area contributed by atoms with Crippen LogP contribution < -0.4 is 10.1 Å². The summed E-state index contributed by atoms with van der Waals surface area (Å²) in [4.78, 5) is 13.6. The van der Waals surface area contributed by atoms with E-state index in [9.17, 15) is 4.79 Å². The number of carbonyl (C=O) groups excluding carboxylic acids is 1. The van der Waals surface area contributed by atoms with E-state index in [0.29, 0.717) is 24.5 Å². The maximum Gasteiger partial charge on any atom is 0.255 e. The van der Waals surface area contributed by atoms with Crippen LogP contribution in [0.25, 0.3) is 0 Å².